The van der Waals surface area contributed by atoms with Gasteiger partial charge in [0, 0.05) is 12.2 Å². The summed E-state index contributed by atoms with van der Waals surface area (Å²) in [6, 6.07) is 26.7. The second kappa shape index (κ2) is 8.80. The molecule has 0 aromatic heterocycles. The smallest absolute Gasteiger partial charge is 0.199 e. The largest absolute Gasteiger partial charge is 0.235 e. The third kappa shape index (κ3) is 4.07. The summed E-state index contributed by atoms with van der Waals surface area (Å²) in [6.07, 6.45) is 15.2. The van der Waals surface area contributed by atoms with Gasteiger partial charge in [0.1, 0.15) is 14.1 Å². The minimum Gasteiger partial charge on any atom is -0.235 e. The molecule has 0 amide bonds. The molecule has 0 unspecified atom stereocenters. The van der Waals surface area contributed by atoms with Crippen LogP contribution < -0.4 is 10.4 Å². The molecule has 0 atom stereocenters. The fourth-order valence-corrected chi connectivity index (χ4v) is 4.53. The van der Waals surface area contributed by atoms with Crippen LogP contribution in [0.1, 0.15) is 22.3 Å². The lowest BCUT2D eigenvalue weighted by atomic mass is 9.92. The Hall–Kier alpha value is -3.71. The zero-order valence-electron chi connectivity index (χ0n) is 18.8. The number of hydrogen-bond donors (Lipinski definition) is 0. The summed E-state index contributed by atoms with van der Waals surface area (Å²) in [5.74, 6) is 0. The number of rotatable bonds is 1. The van der Waals surface area contributed by atoms with E-state index in [-0.39, 0.29) is 0 Å². The highest BCUT2D eigenvalue weighted by Gasteiger charge is 2.17. The first kappa shape index (κ1) is 20.2. The van der Waals surface area contributed by atoms with Crippen molar-refractivity contribution in [3.8, 4) is 0 Å². The van der Waals surface area contributed by atoms with Gasteiger partial charge in [-0.2, -0.15) is 0 Å². The predicted molar refractivity (Wildman–Crippen MR) is 136 cm³/mol. The summed E-state index contributed by atoms with van der Waals surface area (Å²) in [5, 5.41) is 2.49. The van der Waals surface area contributed by atoms with Crippen molar-refractivity contribution < 1.29 is 4.58 Å². The van der Waals surface area contributed by atoms with E-state index >= 15 is 0 Å². The molecule has 0 radical (unpaired) electrons. The minimum absolute atomic E-state index is 1.09. The van der Waals surface area contributed by atoms with Crippen molar-refractivity contribution in [3.63, 3.8) is 0 Å². The summed E-state index contributed by atoms with van der Waals surface area (Å²) < 4.78 is 2.12. The van der Waals surface area contributed by atoms with E-state index in [1.807, 2.05) is 0 Å². The van der Waals surface area contributed by atoms with Gasteiger partial charge < -0.3 is 0 Å². The molecule has 0 N–H and O–H groups in total. The van der Waals surface area contributed by atoms with E-state index < -0.39 is 0 Å². The molecule has 3 aromatic carbocycles. The van der Waals surface area contributed by atoms with Crippen LogP contribution in [0.3, 0.4) is 0 Å². The molecule has 32 heavy (non-hydrogen) atoms. The average Bonchev–Trinajstić information content (AvgIpc) is 3.00. The van der Waals surface area contributed by atoms with E-state index in [2.05, 4.69) is 128 Å². The SMILES string of the molecule is C[N+](C)=C1C=CC(=CC=c2ccc(=C3c4ccccc4CCc4ccccc43)cc2)C=C1. The maximum atomic E-state index is 2.28. The van der Waals surface area contributed by atoms with Crippen molar-refractivity contribution >= 4 is 17.4 Å². The highest BCUT2D eigenvalue weighted by atomic mass is 14.9. The van der Waals surface area contributed by atoms with Gasteiger partial charge in [0.15, 0.2) is 5.71 Å². The van der Waals surface area contributed by atoms with Crippen LogP contribution in [0.25, 0.3) is 11.6 Å². The van der Waals surface area contributed by atoms with Crippen LogP contribution in [0.4, 0.5) is 0 Å². The molecule has 2 aliphatic rings. The van der Waals surface area contributed by atoms with Gasteiger partial charge in [-0.1, -0.05) is 84.9 Å². The van der Waals surface area contributed by atoms with Crippen molar-refractivity contribution in [2.75, 3.05) is 14.1 Å². The molecule has 5 rings (SSSR count). The Kier molecular flexibility index (Phi) is 5.56. The third-order valence-corrected chi connectivity index (χ3v) is 6.31. The van der Waals surface area contributed by atoms with Crippen molar-refractivity contribution in [1.29, 1.82) is 0 Å². The highest BCUT2D eigenvalue weighted by molar-refractivity contribution is 6.02. The molecule has 156 valence electrons. The van der Waals surface area contributed by atoms with E-state index in [1.165, 1.54) is 49.5 Å². The van der Waals surface area contributed by atoms with Crippen molar-refractivity contribution in [2.45, 2.75) is 12.8 Å². The third-order valence-electron chi connectivity index (χ3n) is 6.31. The van der Waals surface area contributed by atoms with Crippen LogP contribution in [-0.4, -0.2) is 24.4 Å². The lowest BCUT2D eigenvalue weighted by Crippen LogP contribution is -2.13. The Morgan fingerprint density at radius 2 is 1.19 bits per heavy atom. The summed E-state index contributed by atoms with van der Waals surface area (Å²) in [6.45, 7) is 0. The fraction of sp³-hybridized carbons (Fsp3) is 0.129. The van der Waals surface area contributed by atoms with E-state index in [4.69, 9.17) is 0 Å². The molecular weight excluding hydrogens is 386 g/mol. The molecule has 0 saturated carbocycles. The first-order valence-corrected chi connectivity index (χ1v) is 11.3. The van der Waals surface area contributed by atoms with Crippen molar-refractivity contribution in [3.05, 3.63) is 141 Å². The molecule has 3 aromatic rings. The lowest BCUT2D eigenvalue weighted by Gasteiger charge is -2.12. The molecule has 0 spiro atoms. The molecule has 0 heterocycles. The average molecular weight is 415 g/mol. The van der Waals surface area contributed by atoms with Crippen LogP contribution >= 0.6 is 0 Å². The molecule has 0 aliphatic heterocycles. The molecule has 1 heteroatoms. The second-order valence-electron chi connectivity index (χ2n) is 8.63. The maximum absolute atomic E-state index is 2.28. The molecule has 0 saturated heterocycles. The van der Waals surface area contributed by atoms with Gasteiger partial charge >= 0.3 is 0 Å². The summed E-state index contributed by atoms with van der Waals surface area (Å²) in [4.78, 5) is 0. The van der Waals surface area contributed by atoms with Gasteiger partial charge in [0.25, 0.3) is 0 Å². The van der Waals surface area contributed by atoms with Gasteiger partial charge in [-0.05, 0) is 68.8 Å². The Morgan fingerprint density at radius 1 is 0.625 bits per heavy atom. The predicted octanol–water partition coefficient (Wildman–Crippen LogP) is 4.58. The van der Waals surface area contributed by atoms with Crippen LogP contribution in [0, 0.1) is 0 Å². The summed E-state index contributed by atoms with van der Waals surface area (Å²) >= 11 is 0. The van der Waals surface area contributed by atoms with Crippen molar-refractivity contribution in [2.24, 2.45) is 0 Å². The topological polar surface area (TPSA) is 3.01 Å². The maximum Gasteiger partial charge on any atom is 0.199 e. The number of allylic oxidation sites excluding steroid dienone is 6. The first-order chi connectivity index (χ1) is 15.7. The van der Waals surface area contributed by atoms with Gasteiger partial charge in [-0.3, -0.25) is 0 Å². The summed E-state index contributed by atoms with van der Waals surface area (Å²) in [5.41, 5.74) is 9.37. The monoisotopic (exact) mass is 414 g/mol. The van der Waals surface area contributed by atoms with Crippen LogP contribution in [0.15, 0.2) is 109 Å². The van der Waals surface area contributed by atoms with Gasteiger partial charge in [0.05, 0.1) is 0 Å². The van der Waals surface area contributed by atoms with E-state index in [0.29, 0.717) is 0 Å². The number of aryl methyl sites for hydroxylation is 2. The lowest BCUT2D eigenvalue weighted by molar-refractivity contribution is -0.462. The fourth-order valence-electron chi connectivity index (χ4n) is 4.53. The molecule has 2 aliphatic carbocycles. The molecule has 0 fully saturated rings. The highest BCUT2D eigenvalue weighted by Crippen LogP contribution is 2.31. The minimum atomic E-state index is 1.09. The summed E-state index contributed by atoms with van der Waals surface area (Å²) in [7, 11) is 4.13. The van der Waals surface area contributed by atoms with E-state index in [0.717, 1.165) is 12.8 Å². The van der Waals surface area contributed by atoms with Crippen LogP contribution in [0.2, 0.25) is 0 Å². The first-order valence-electron chi connectivity index (χ1n) is 11.3. The number of hydrogen-bond acceptors (Lipinski definition) is 0. The second-order valence-corrected chi connectivity index (χ2v) is 8.63. The Balaban J connectivity index is 1.58. The van der Waals surface area contributed by atoms with E-state index in [9.17, 15) is 0 Å². The van der Waals surface area contributed by atoms with Crippen LogP contribution in [0.5, 0.6) is 0 Å². The van der Waals surface area contributed by atoms with Gasteiger partial charge in [0.2, 0.25) is 0 Å². The van der Waals surface area contributed by atoms with Crippen molar-refractivity contribution in [1.82, 2.24) is 0 Å². The number of fused-ring (bicyclic) bond motifs is 2. The zero-order valence-corrected chi connectivity index (χ0v) is 18.8. The molecular formula is C31H28N+. The van der Waals surface area contributed by atoms with E-state index in [1.54, 1.807) is 0 Å². The number of benzene rings is 3. The molecule has 0 bridgehead atoms. The molecule has 1 nitrogen and oxygen atoms in total. The van der Waals surface area contributed by atoms with Gasteiger partial charge in [-0.15, -0.1) is 0 Å². The Morgan fingerprint density at radius 3 is 1.75 bits per heavy atom. The van der Waals surface area contributed by atoms with Crippen LogP contribution in [-0.2, 0) is 12.8 Å². The normalized spacial score (nSPS) is 14.5. The standard InChI is InChI=1S/C31H28N/c1-32(2)28-21-15-24(16-22-28)12-11-23-13-17-27(18-14-23)31-29-9-5-3-7-25(29)19-20-26-8-4-6-10-30(26)31/h3-18,21-22H,19-20H2,1-2H3/q+1. The Bertz CT molecular complexity index is 1330. The Labute approximate surface area is 190 Å². The quantitative estimate of drug-likeness (QED) is 0.513. The van der Waals surface area contributed by atoms with Gasteiger partial charge in [-0.25, -0.2) is 4.58 Å². The number of nitrogens with zero attached hydrogens (tertiary/aromatic N) is 1. The zero-order chi connectivity index (χ0) is 21.9.